The predicted molar refractivity (Wildman–Crippen MR) is 44.0 cm³/mol. The van der Waals surface area contributed by atoms with Crippen molar-refractivity contribution in [2.45, 2.75) is 37.9 Å². The van der Waals surface area contributed by atoms with E-state index in [0.29, 0.717) is 6.61 Å². The lowest BCUT2D eigenvalue weighted by Crippen LogP contribution is -2.34. The van der Waals surface area contributed by atoms with Gasteiger partial charge in [0.1, 0.15) is 18.3 Å². The summed E-state index contributed by atoms with van der Waals surface area (Å²) in [5, 5.41) is 27.4. The molecule has 1 saturated heterocycles. The largest absolute Gasteiger partial charge is 0.394 e. The fourth-order valence-corrected chi connectivity index (χ4v) is 1.24. The molecule has 1 rings (SSSR count). The number of hydrogen-bond donors (Lipinski definition) is 3. The first kappa shape index (κ1) is 10.9. The van der Waals surface area contributed by atoms with Gasteiger partial charge >= 0.3 is 0 Å². The molecule has 13 heavy (non-hydrogen) atoms. The molecule has 0 aromatic rings. The summed E-state index contributed by atoms with van der Waals surface area (Å²) in [5.41, 5.74) is 0. The van der Waals surface area contributed by atoms with Gasteiger partial charge in [-0.3, -0.25) is 0 Å². The van der Waals surface area contributed by atoms with Crippen LogP contribution in [0, 0.1) is 0 Å². The maximum absolute atomic E-state index is 9.37. The van der Waals surface area contributed by atoms with E-state index in [2.05, 4.69) is 0 Å². The second kappa shape index (κ2) is 4.88. The van der Waals surface area contributed by atoms with E-state index in [-0.39, 0.29) is 6.61 Å². The first-order valence-electron chi connectivity index (χ1n) is 4.44. The predicted octanol–water partition coefficient (Wildman–Crippen LogP) is -1.15. The summed E-state index contributed by atoms with van der Waals surface area (Å²) >= 11 is 0. The molecule has 5 nitrogen and oxygen atoms in total. The third kappa shape index (κ3) is 2.38. The molecule has 0 bridgehead atoms. The molecule has 0 amide bonds. The summed E-state index contributed by atoms with van der Waals surface area (Å²) in [7, 11) is 0. The minimum atomic E-state index is -1.07. The van der Waals surface area contributed by atoms with Crippen molar-refractivity contribution in [3.05, 3.63) is 0 Å². The van der Waals surface area contributed by atoms with Crippen molar-refractivity contribution in [3.8, 4) is 0 Å². The summed E-state index contributed by atoms with van der Waals surface area (Å²) < 4.78 is 10.2. The van der Waals surface area contributed by atoms with E-state index in [4.69, 9.17) is 14.6 Å². The Kier molecular flexibility index (Phi) is 4.08. The van der Waals surface area contributed by atoms with Crippen molar-refractivity contribution in [1.29, 1.82) is 0 Å². The normalized spacial score (nSPS) is 39.7. The molecule has 3 N–H and O–H groups in total. The van der Waals surface area contributed by atoms with Crippen LogP contribution in [0.25, 0.3) is 0 Å². The summed E-state index contributed by atoms with van der Waals surface area (Å²) in [6.07, 6.45) is -2.87. The summed E-state index contributed by atoms with van der Waals surface area (Å²) in [4.78, 5) is 0. The molecular formula is C8H16O5. The highest BCUT2D eigenvalue weighted by atomic mass is 16.7. The first-order valence-corrected chi connectivity index (χ1v) is 4.44. The van der Waals surface area contributed by atoms with E-state index >= 15 is 0 Å². The third-order valence-electron chi connectivity index (χ3n) is 1.98. The fourth-order valence-electron chi connectivity index (χ4n) is 1.24. The van der Waals surface area contributed by atoms with E-state index in [0.717, 1.165) is 6.42 Å². The van der Waals surface area contributed by atoms with Gasteiger partial charge in [0, 0.05) is 6.61 Å². The van der Waals surface area contributed by atoms with Gasteiger partial charge in [-0.25, -0.2) is 0 Å². The fraction of sp³-hybridized carbons (Fsp3) is 1.00. The van der Waals surface area contributed by atoms with Gasteiger partial charge in [-0.05, 0) is 6.42 Å². The van der Waals surface area contributed by atoms with Gasteiger partial charge in [-0.2, -0.15) is 0 Å². The number of aliphatic hydroxyl groups is 3. The molecule has 4 atom stereocenters. The zero-order chi connectivity index (χ0) is 9.84. The van der Waals surface area contributed by atoms with Gasteiger partial charge in [-0.1, -0.05) is 6.92 Å². The second-order valence-electron chi connectivity index (χ2n) is 3.08. The van der Waals surface area contributed by atoms with Crippen LogP contribution in [-0.4, -0.2) is 53.1 Å². The molecule has 1 fully saturated rings. The zero-order valence-electron chi connectivity index (χ0n) is 7.59. The van der Waals surface area contributed by atoms with Gasteiger partial charge in [0.15, 0.2) is 6.29 Å². The second-order valence-corrected chi connectivity index (χ2v) is 3.08. The van der Waals surface area contributed by atoms with E-state index in [1.807, 2.05) is 6.92 Å². The smallest absolute Gasteiger partial charge is 0.186 e. The van der Waals surface area contributed by atoms with Gasteiger partial charge < -0.3 is 24.8 Å². The molecule has 1 heterocycles. The van der Waals surface area contributed by atoms with Crippen LogP contribution in [-0.2, 0) is 9.47 Å². The van der Waals surface area contributed by atoms with E-state index in [1.54, 1.807) is 0 Å². The summed E-state index contributed by atoms with van der Waals surface area (Å²) in [6.45, 7) is 2.08. The maximum Gasteiger partial charge on any atom is 0.186 e. The topological polar surface area (TPSA) is 79.2 Å². The van der Waals surface area contributed by atoms with E-state index in [1.165, 1.54) is 0 Å². The Morgan fingerprint density at radius 2 is 2.00 bits per heavy atom. The number of hydrogen-bond acceptors (Lipinski definition) is 5. The van der Waals surface area contributed by atoms with E-state index < -0.39 is 24.6 Å². The van der Waals surface area contributed by atoms with Crippen LogP contribution in [0.15, 0.2) is 0 Å². The number of ether oxygens (including phenoxy) is 2. The summed E-state index contributed by atoms with van der Waals surface area (Å²) in [6, 6.07) is 0. The van der Waals surface area contributed by atoms with Crippen molar-refractivity contribution in [2.75, 3.05) is 13.2 Å². The Bertz CT molecular complexity index is 151. The summed E-state index contributed by atoms with van der Waals surface area (Å²) in [5.74, 6) is 0. The Hall–Kier alpha value is -0.200. The monoisotopic (exact) mass is 192 g/mol. The Morgan fingerprint density at radius 3 is 2.46 bits per heavy atom. The molecule has 1 unspecified atom stereocenters. The average molecular weight is 192 g/mol. The lowest BCUT2D eigenvalue weighted by atomic mass is 10.1. The van der Waals surface area contributed by atoms with Crippen LogP contribution in [0.2, 0.25) is 0 Å². The minimum Gasteiger partial charge on any atom is -0.394 e. The number of rotatable bonds is 4. The molecule has 78 valence electrons. The van der Waals surface area contributed by atoms with Gasteiger partial charge in [0.2, 0.25) is 0 Å². The quantitative estimate of drug-likeness (QED) is 0.524. The Labute approximate surface area is 76.9 Å². The van der Waals surface area contributed by atoms with E-state index in [9.17, 15) is 10.2 Å². The van der Waals surface area contributed by atoms with Crippen molar-refractivity contribution < 1.29 is 24.8 Å². The minimum absolute atomic E-state index is 0.315. The molecule has 0 aliphatic carbocycles. The molecular weight excluding hydrogens is 176 g/mol. The molecule has 0 saturated carbocycles. The lowest BCUT2D eigenvalue weighted by molar-refractivity contribution is -0.169. The molecule has 0 aromatic carbocycles. The SMILES string of the molecule is CCCOC1O[C@@H](CO)[C@H](O)[C@H]1O. The Morgan fingerprint density at radius 1 is 1.31 bits per heavy atom. The molecule has 1 aliphatic rings. The third-order valence-corrected chi connectivity index (χ3v) is 1.98. The molecule has 1 aliphatic heterocycles. The van der Waals surface area contributed by atoms with Crippen LogP contribution in [0.3, 0.4) is 0 Å². The molecule has 0 radical (unpaired) electrons. The van der Waals surface area contributed by atoms with Crippen molar-refractivity contribution >= 4 is 0 Å². The Balaban J connectivity index is 2.40. The molecule has 0 spiro atoms. The van der Waals surface area contributed by atoms with Gasteiger partial charge in [0.05, 0.1) is 6.61 Å². The number of aliphatic hydroxyl groups excluding tert-OH is 3. The highest BCUT2D eigenvalue weighted by Gasteiger charge is 2.42. The van der Waals surface area contributed by atoms with Crippen LogP contribution in [0.4, 0.5) is 0 Å². The molecule has 0 aromatic heterocycles. The highest BCUT2D eigenvalue weighted by molar-refractivity contribution is 4.85. The van der Waals surface area contributed by atoms with Gasteiger partial charge in [-0.15, -0.1) is 0 Å². The maximum atomic E-state index is 9.37. The van der Waals surface area contributed by atoms with Crippen LogP contribution in [0.1, 0.15) is 13.3 Å². The van der Waals surface area contributed by atoms with Crippen molar-refractivity contribution in [3.63, 3.8) is 0 Å². The van der Waals surface area contributed by atoms with Crippen LogP contribution >= 0.6 is 0 Å². The first-order chi connectivity index (χ1) is 6.20. The standard InChI is InChI=1S/C8H16O5/c1-2-3-12-8-7(11)6(10)5(4-9)13-8/h5-11H,2-4H2,1H3/t5-,6-,7+,8?/m0/s1. The van der Waals surface area contributed by atoms with Crippen LogP contribution in [0.5, 0.6) is 0 Å². The van der Waals surface area contributed by atoms with Crippen LogP contribution < -0.4 is 0 Å². The van der Waals surface area contributed by atoms with Crippen molar-refractivity contribution in [2.24, 2.45) is 0 Å². The highest BCUT2D eigenvalue weighted by Crippen LogP contribution is 2.21. The van der Waals surface area contributed by atoms with Crippen molar-refractivity contribution in [1.82, 2.24) is 0 Å². The van der Waals surface area contributed by atoms with Gasteiger partial charge in [0.25, 0.3) is 0 Å². The average Bonchev–Trinajstić information content (AvgIpc) is 2.41. The molecule has 5 heteroatoms. The lowest BCUT2D eigenvalue weighted by Gasteiger charge is -2.14. The zero-order valence-corrected chi connectivity index (χ0v) is 7.59.